The van der Waals surface area contributed by atoms with Crippen LogP contribution in [0.15, 0.2) is 21.9 Å². The first-order valence-electron chi connectivity index (χ1n) is 5.25. The van der Waals surface area contributed by atoms with Crippen LogP contribution in [0.1, 0.15) is 12.6 Å². The highest BCUT2D eigenvalue weighted by Gasteiger charge is 2.00. The Morgan fingerprint density at radius 3 is 2.95 bits per heavy atom. The van der Waals surface area contributed by atoms with Crippen LogP contribution in [0.4, 0.5) is 5.13 Å². The Kier molecular flexibility index (Phi) is 13.8. The number of rotatable bonds is 6. The molecule has 1 rings (SSSR count). The molecule has 0 spiro atoms. The molecule has 1 aromatic rings. The van der Waals surface area contributed by atoms with Gasteiger partial charge < -0.3 is 16.8 Å². The minimum Gasteiger partial charge on any atom is -0.370 e. The van der Waals surface area contributed by atoms with Crippen molar-refractivity contribution in [3.63, 3.8) is 0 Å². The van der Waals surface area contributed by atoms with E-state index in [1.165, 1.54) is 11.3 Å². The molecule has 0 radical (unpaired) electrons. The second-order valence-electron chi connectivity index (χ2n) is 3.07. The van der Waals surface area contributed by atoms with Gasteiger partial charge in [-0.05, 0) is 12.3 Å². The van der Waals surface area contributed by atoms with Crippen LogP contribution in [0, 0.1) is 0 Å². The smallest absolute Gasteiger partial charge is 0.212 e. The zero-order chi connectivity index (χ0) is 12.5. The molecule has 0 saturated heterocycles. The SMILES string of the molecule is CCNC(N)=Nc1nc(CSC=CCN)cs1.Cl.Cl. The molecule has 0 saturated carbocycles. The molecule has 0 aliphatic heterocycles. The Morgan fingerprint density at radius 1 is 1.58 bits per heavy atom. The van der Waals surface area contributed by atoms with Gasteiger partial charge in [-0.15, -0.1) is 47.9 Å². The first kappa shape index (κ1) is 20.8. The molecule has 1 aromatic heterocycles. The molecule has 0 aliphatic rings. The second kappa shape index (κ2) is 12.6. The van der Waals surface area contributed by atoms with Gasteiger partial charge in [-0.3, -0.25) is 0 Å². The van der Waals surface area contributed by atoms with Crippen LogP contribution in [0.2, 0.25) is 0 Å². The fourth-order valence-corrected chi connectivity index (χ4v) is 2.46. The molecule has 0 fully saturated rings. The van der Waals surface area contributed by atoms with E-state index in [9.17, 15) is 0 Å². The monoisotopic (exact) mass is 343 g/mol. The number of hydrogen-bond donors (Lipinski definition) is 3. The average Bonchev–Trinajstić information content (AvgIpc) is 2.72. The summed E-state index contributed by atoms with van der Waals surface area (Å²) in [7, 11) is 0. The van der Waals surface area contributed by atoms with Gasteiger partial charge in [0, 0.05) is 24.2 Å². The summed E-state index contributed by atoms with van der Waals surface area (Å²) in [5.41, 5.74) is 12.0. The van der Waals surface area contributed by atoms with Crippen molar-refractivity contribution in [1.82, 2.24) is 10.3 Å². The van der Waals surface area contributed by atoms with E-state index in [0.717, 1.165) is 18.0 Å². The van der Waals surface area contributed by atoms with Gasteiger partial charge in [0.15, 0.2) is 5.96 Å². The standard InChI is InChI=1S/C10H17N5S2.2ClH/c1-2-13-9(12)15-10-14-8(7-17-10)6-16-5-3-4-11;;/h3,5,7H,2,4,6,11H2,1H3,(H3,12,13,14,15);2*1H. The Hall–Kier alpha value is -0.470. The predicted molar refractivity (Wildman–Crippen MR) is 91.1 cm³/mol. The van der Waals surface area contributed by atoms with Crippen molar-refractivity contribution in [2.45, 2.75) is 12.7 Å². The van der Waals surface area contributed by atoms with E-state index >= 15 is 0 Å². The summed E-state index contributed by atoms with van der Waals surface area (Å²) < 4.78 is 0. The van der Waals surface area contributed by atoms with Crippen LogP contribution in [-0.4, -0.2) is 24.0 Å². The summed E-state index contributed by atoms with van der Waals surface area (Å²) in [4.78, 5) is 8.51. The van der Waals surface area contributed by atoms with Crippen molar-refractivity contribution < 1.29 is 0 Å². The lowest BCUT2D eigenvalue weighted by atomic mass is 10.6. The summed E-state index contributed by atoms with van der Waals surface area (Å²) in [5, 5.41) is 7.58. The molecule has 5 N–H and O–H groups in total. The molecule has 0 unspecified atom stereocenters. The van der Waals surface area contributed by atoms with Crippen LogP contribution in [-0.2, 0) is 5.75 Å². The van der Waals surface area contributed by atoms with E-state index in [4.69, 9.17) is 11.5 Å². The molecule has 0 aliphatic carbocycles. The normalized spacial score (nSPS) is 10.9. The van der Waals surface area contributed by atoms with Crippen molar-refractivity contribution in [3.8, 4) is 0 Å². The Bertz CT molecular complexity index is 395. The van der Waals surface area contributed by atoms with E-state index in [1.807, 2.05) is 23.8 Å². The van der Waals surface area contributed by atoms with E-state index in [0.29, 0.717) is 17.6 Å². The molecule has 0 aromatic carbocycles. The quantitative estimate of drug-likeness (QED) is 0.544. The van der Waals surface area contributed by atoms with Crippen molar-refractivity contribution in [3.05, 3.63) is 22.6 Å². The van der Waals surface area contributed by atoms with E-state index in [2.05, 4.69) is 15.3 Å². The van der Waals surface area contributed by atoms with Gasteiger partial charge in [0.25, 0.3) is 0 Å². The maximum atomic E-state index is 5.64. The lowest BCUT2D eigenvalue weighted by Crippen LogP contribution is -2.30. The number of nitrogens with one attached hydrogen (secondary N) is 1. The molecule has 9 heteroatoms. The highest BCUT2D eigenvalue weighted by molar-refractivity contribution is 8.01. The number of guanidine groups is 1. The highest BCUT2D eigenvalue weighted by Crippen LogP contribution is 2.22. The third-order valence-electron chi connectivity index (χ3n) is 1.67. The molecule has 1 heterocycles. The Morgan fingerprint density at radius 2 is 2.32 bits per heavy atom. The number of nitrogens with two attached hydrogens (primary N) is 2. The molecular formula is C10H19Cl2N5S2. The van der Waals surface area contributed by atoms with Crippen molar-refractivity contribution >= 4 is 59.0 Å². The lowest BCUT2D eigenvalue weighted by Gasteiger charge is -1.98. The van der Waals surface area contributed by atoms with Gasteiger partial charge in [-0.1, -0.05) is 6.08 Å². The lowest BCUT2D eigenvalue weighted by molar-refractivity contribution is 0.953. The van der Waals surface area contributed by atoms with E-state index in [-0.39, 0.29) is 24.8 Å². The number of nitrogens with zero attached hydrogens (tertiary/aromatic N) is 2. The van der Waals surface area contributed by atoms with Crippen LogP contribution < -0.4 is 16.8 Å². The largest absolute Gasteiger partial charge is 0.370 e. The Labute approximate surface area is 134 Å². The van der Waals surface area contributed by atoms with Crippen molar-refractivity contribution in [2.24, 2.45) is 16.5 Å². The Balaban J connectivity index is 0. The van der Waals surface area contributed by atoms with Crippen LogP contribution in [0.3, 0.4) is 0 Å². The van der Waals surface area contributed by atoms with Gasteiger partial charge in [0.2, 0.25) is 5.13 Å². The van der Waals surface area contributed by atoms with Gasteiger partial charge in [0.05, 0.1) is 5.69 Å². The van der Waals surface area contributed by atoms with Crippen molar-refractivity contribution in [2.75, 3.05) is 13.1 Å². The molecule has 0 amide bonds. The van der Waals surface area contributed by atoms with E-state index in [1.54, 1.807) is 11.8 Å². The van der Waals surface area contributed by atoms with Crippen LogP contribution in [0.25, 0.3) is 0 Å². The molecule has 0 atom stereocenters. The molecule has 19 heavy (non-hydrogen) atoms. The average molecular weight is 344 g/mol. The topological polar surface area (TPSA) is 89.3 Å². The third-order valence-corrected chi connectivity index (χ3v) is 3.30. The predicted octanol–water partition coefficient (Wildman–Crippen LogP) is 2.25. The minimum atomic E-state index is 0. The highest BCUT2D eigenvalue weighted by atomic mass is 35.5. The fourth-order valence-electron chi connectivity index (χ4n) is 0.995. The number of thiazole rings is 1. The zero-order valence-corrected chi connectivity index (χ0v) is 13.8. The first-order chi connectivity index (χ1) is 8.26. The van der Waals surface area contributed by atoms with Crippen molar-refractivity contribution in [1.29, 1.82) is 0 Å². The third kappa shape index (κ3) is 9.12. The fraction of sp³-hybridized carbons (Fsp3) is 0.400. The summed E-state index contributed by atoms with van der Waals surface area (Å²) in [5.74, 6) is 1.23. The molecule has 5 nitrogen and oxygen atoms in total. The number of hydrogen-bond acceptors (Lipinski definition) is 5. The van der Waals surface area contributed by atoms with E-state index < -0.39 is 0 Å². The van der Waals surface area contributed by atoms with Gasteiger partial charge in [-0.25, -0.2) is 4.98 Å². The maximum Gasteiger partial charge on any atom is 0.212 e. The maximum absolute atomic E-state index is 5.64. The number of aliphatic imine (C=N–C) groups is 1. The summed E-state index contributed by atoms with van der Waals surface area (Å²) in [6.45, 7) is 3.29. The summed E-state index contributed by atoms with van der Waals surface area (Å²) in [6, 6.07) is 0. The minimum absolute atomic E-state index is 0. The number of halogens is 2. The molecule has 110 valence electrons. The zero-order valence-electron chi connectivity index (χ0n) is 10.5. The van der Waals surface area contributed by atoms with Gasteiger partial charge in [0.1, 0.15) is 0 Å². The van der Waals surface area contributed by atoms with Gasteiger partial charge in [-0.2, -0.15) is 4.99 Å². The second-order valence-corrected chi connectivity index (χ2v) is 4.80. The summed E-state index contributed by atoms with van der Waals surface area (Å²) >= 11 is 3.15. The van der Waals surface area contributed by atoms with Gasteiger partial charge >= 0.3 is 0 Å². The molecule has 0 bridgehead atoms. The molecular weight excluding hydrogens is 325 g/mol. The van der Waals surface area contributed by atoms with Crippen LogP contribution >= 0.6 is 47.9 Å². The summed E-state index contributed by atoms with van der Waals surface area (Å²) in [6.07, 6.45) is 1.92. The number of aromatic nitrogens is 1. The first-order valence-corrected chi connectivity index (χ1v) is 7.18. The van der Waals surface area contributed by atoms with Crippen LogP contribution in [0.5, 0.6) is 0 Å². The number of thioether (sulfide) groups is 1.